The third-order valence-corrected chi connectivity index (χ3v) is 2.45. The number of carbonyl (C=O) groups excluding carboxylic acids is 1. The minimum Gasteiger partial charge on any atom is -0.444 e. The first-order valence-corrected chi connectivity index (χ1v) is 6.92. The predicted molar refractivity (Wildman–Crippen MR) is 79.8 cm³/mol. The van der Waals surface area contributed by atoms with E-state index in [0.717, 1.165) is 16.7 Å². The largest absolute Gasteiger partial charge is 0.444 e. The van der Waals surface area contributed by atoms with Crippen molar-refractivity contribution in [1.29, 1.82) is 0 Å². The van der Waals surface area contributed by atoms with Crippen molar-refractivity contribution in [3.05, 3.63) is 34.6 Å². The van der Waals surface area contributed by atoms with Crippen LogP contribution in [0.25, 0.3) is 6.08 Å². The van der Waals surface area contributed by atoms with Crippen LogP contribution in [-0.4, -0.2) is 23.2 Å². The molecule has 0 aliphatic carbocycles. The Morgan fingerprint density at radius 2 is 2.21 bits per heavy atom. The summed E-state index contributed by atoms with van der Waals surface area (Å²) in [7, 11) is 0. The van der Waals surface area contributed by atoms with Gasteiger partial charge < -0.3 is 10.1 Å². The number of ether oxygens (including phenoxy) is 1. The Morgan fingerprint density at radius 3 is 2.84 bits per heavy atom. The van der Waals surface area contributed by atoms with Gasteiger partial charge in [-0.15, -0.1) is 0 Å². The number of rotatable bonds is 4. The molecule has 0 saturated carbocycles. The molecule has 0 bridgehead atoms. The Morgan fingerprint density at radius 1 is 1.47 bits per heavy atom. The molecule has 1 aromatic rings. The second-order valence-electron chi connectivity index (χ2n) is 5.00. The highest BCUT2D eigenvalue weighted by Gasteiger charge is 2.14. The quantitative estimate of drug-likeness (QED) is 0.676. The molecule has 0 aliphatic heterocycles. The molecule has 0 atom stereocenters. The minimum absolute atomic E-state index is 0.388. The maximum Gasteiger partial charge on any atom is 0.407 e. The first-order chi connectivity index (χ1) is 8.87. The Bertz CT molecular complexity index is 453. The van der Waals surface area contributed by atoms with Gasteiger partial charge in [-0.25, -0.2) is 9.78 Å². The van der Waals surface area contributed by atoms with Crippen molar-refractivity contribution in [2.24, 2.45) is 0 Å². The van der Waals surface area contributed by atoms with E-state index >= 15 is 0 Å². The first kappa shape index (κ1) is 15.7. The molecule has 1 rings (SSSR count). The molecule has 1 N–H and O–H groups in total. The molecular weight excluding hydrogens is 308 g/mol. The Hall–Kier alpha value is -1.36. The van der Waals surface area contributed by atoms with Gasteiger partial charge in [0.25, 0.3) is 0 Å². The maximum atomic E-state index is 11.4. The van der Waals surface area contributed by atoms with Crippen molar-refractivity contribution in [2.45, 2.75) is 32.8 Å². The number of alkyl carbamates (subject to hydrolysis) is 1. The van der Waals surface area contributed by atoms with Gasteiger partial charge in [-0.05, 0) is 61.3 Å². The van der Waals surface area contributed by atoms with Crippen LogP contribution in [0.15, 0.2) is 28.9 Å². The summed E-state index contributed by atoms with van der Waals surface area (Å²) in [5, 5.41) is 2.69. The van der Waals surface area contributed by atoms with E-state index in [2.05, 4.69) is 26.2 Å². The molecule has 0 spiro atoms. The number of hydrogen-bond acceptors (Lipinski definition) is 3. The molecule has 0 saturated heterocycles. The standard InChI is InChI=1S/C14H19BrN2O2/c1-14(2,3)19-13(18)16-10-5-4-7-11-8-6-9-12(15)17-11/h4,6-9H,5,10H2,1-3H3,(H,16,18). The lowest BCUT2D eigenvalue weighted by molar-refractivity contribution is 0.0529. The van der Waals surface area contributed by atoms with Crippen LogP contribution in [0.2, 0.25) is 0 Å². The molecule has 0 radical (unpaired) electrons. The van der Waals surface area contributed by atoms with Gasteiger partial charge in [0.15, 0.2) is 0 Å². The van der Waals surface area contributed by atoms with Crippen LogP contribution < -0.4 is 5.32 Å². The van der Waals surface area contributed by atoms with Crippen LogP contribution >= 0.6 is 15.9 Å². The SMILES string of the molecule is CC(C)(C)OC(=O)NCCC=Cc1cccc(Br)n1. The second kappa shape index (κ2) is 7.28. The van der Waals surface area contributed by atoms with Gasteiger partial charge in [-0.1, -0.05) is 12.1 Å². The highest BCUT2D eigenvalue weighted by molar-refractivity contribution is 9.10. The smallest absolute Gasteiger partial charge is 0.407 e. The van der Waals surface area contributed by atoms with Crippen molar-refractivity contribution < 1.29 is 9.53 Å². The molecular formula is C14H19BrN2O2. The third kappa shape index (κ3) is 7.62. The van der Waals surface area contributed by atoms with E-state index in [0.29, 0.717) is 6.54 Å². The van der Waals surface area contributed by atoms with Crippen LogP contribution in [0.1, 0.15) is 32.9 Å². The van der Waals surface area contributed by atoms with E-state index in [1.54, 1.807) is 0 Å². The lowest BCUT2D eigenvalue weighted by atomic mass is 10.2. The number of amides is 1. The molecule has 1 heterocycles. The number of pyridine rings is 1. The fourth-order valence-corrected chi connectivity index (χ4v) is 1.65. The predicted octanol–water partition coefficient (Wildman–Crippen LogP) is 3.77. The summed E-state index contributed by atoms with van der Waals surface area (Å²) in [4.78, 5) is 15.6. The normalized spacial score (nSPS) is 11.6. The van der Waals surface area contributed by atoms with Crippen molar-refractivity contribution in [3.63, 3.8) is 0 Å². The first-order valence-electron chi connectivity index (χ1n) is 6.13. The summed E-state index contributed by atoms with van der Waals surface area (Å²) in [6, 6.07) is 5.72. The molecule has 1 amide bonds. The summed E-state index contributed by atoms with van der Waals surface area (Å²) in [6.45, 7) is 6.06. The van der Waals surface area contributed by atoms with Gasteiger partial charge in [-0.2, -0.15) is 0 Å². The zero-order valence-electron chi connectivity index (χ0n) is 11.4. The van der Waals surface area contributed by atoms with Crippen LogP contribution in [0.3, 0.4) is 0 Å². The maximum absolute atomic E-state index is 11.4. The number of aromatic nitrogens is 1. The van der Waals surface area contributed by atoms with Gasteiger partial charge in [0.1, 0.15) is 10.2 Å². The molecule has 0 unspecified atom stereocenters. The summed E-state index contributed by atoms with van der Waals surface area (Å²) in [5.74, 6) is 0. The van der Waals surface area contributed by atoms with Crippen molar-refractivity contribution >= 4 is 28.1 Å². The molecule has 5 heteroatoms. The zero-order valence-corrected chi connectivity index (χ0v) is 13.0. The van der Waals surface area contributed by atoms with Crippen molar-refractivity contribution in [3.8, 4) is 0 Å². The summed E-state index contributed by atoms with van der Waals surface area (Å²) in [6.07, 6.45) is 4.22. The monoisotopic (exact) mass is 326 g/mol. The van der Waals surface area contributed by atoms with E-state index in [4.69, 9.17) is 4.74 Å². The van der Waals surface area contributed by atoms with Crippen LogP contribution in [0.4, 0.5) is 4.79 Å². The molecule has 4 nitrogen and oxygen atoms in total. The number of nitrogens with one attached hydrogen (secondary N) is 1. The summed E-state index contributed by atoms with van der Waals surface area (Å²) >= 11 is 3.31. The van der Waals surface area contributed by atoms with Crippen molar-refractivity contribution in [1.82, 2.24) is 10.3 Å². The van der Waals surface area contributed by atoms with Crippen LogP contribution in [0.5, 0.6) is 0 Å². The summed E-state index contributed by atoms with van der Waals surface area (Å²) in [5.41, 5.74) is 0.423. The third-order valence-electron chi connectivity index (χ3n) is 2.00. The molecule has 19 heavy (non-hydrogen) atoms. The minimum atomic E-state index is -0.458. The number of hydrogen-bond donors (Lipinski definition) is 1. The van der Waals surface area contributed by atoms with Gasteiger partial charge in [0.2, 0.25) is 0 Å². The molecule has 0 fully saturated rings. The number of carbonyl (C=O) groups is 1. The van der Waals surface area contributed by atoms with Crippen molar-refractivity contribution in [2.75, 3.05) is 6.54 Å². The number of nitrogens with zero attached hydrogens (tertiary/aromatic N) is 1. The van der Waals surface area contributed by atoms with E-state index in [1.807, 2.05) is 51.1 Å². The van der Waals surface area contributed by atoms with E-state index in [9.17, 15) is 4.79 Å². The fraction of sp³-hybridized carbons (Fsp3) is 0.429. The van der Waals surface area contributed by atoms with Gasteiger partial charge in [-0.3, -0.25) is 0 Å². The Balaban J connectivity index is 2.26. The molecule has 1 aromatic heterocycles. The molecule has 0 aromatic carbocycles. The van der Waals surface area contributed by atoms with E-state index < -0.39 is 5.60 Å². The average Bonchev–Trinajstić information content (AvgIpc) is 2.26. The molecule has 0 aliphatic rings. The Labute approximate surface area is 122 Å². The lowest BCUT2D eigenvalue weighted by Gasteiger charge is -2.19. The van der Waals surface area contributed by atoms with Crippen LogP contribution in [-0.2, 0) is 4.74 Å². The molecule has 104 valence electrons. The zero-order chi connectivity index (χ0) is 14.3. The average molecular weight is 327 g/mol. The summed E-state index contributed by atoms with van der Waals surface area (Å²) < 4.78 is 5.93. The lowest BCUT2D eigenvalue weighted by Crippen LogP contribution is -2.32. The fourth-order valence-electron chi connectivity index (χ4n) is 1.29. The van der Waals surface area contributed by atoms with Crippen LogP contribution in [0, 0.1) is 0 Å². The van der Waals surface area contributed by atoms with Gasteiger partial charge >= 0.3 is 6.09 Å². The second-order valence-corrected chi connectivity index (χ2v) is 5.82. The highest BCUT2D eigenvalue weighted by atomic mass is 79.9. The topological polar surface area (TPSA) is 51.2 Å². The van der Waals surface area contributed by atoms with E-state index in [-0.39, 0.29) is 6.09 Å². The highest BCUT2D eigenvalue weighted by Crippen LogP contribution is 2.08. The van der Waals surface area contributed by atoms with Gasteiger partial charge in [0.05, 0.1) is 5.69 Å². The van der Waals surface area contributed by atoms with E-state index in [1.165, 1.54) is 0 Å². The number of halogens is 1. The Kier molecular flexibility index (Phi) is 6.02. The van der Waals surface area contributed by atoms with Gasteiger partial charge in [0, 0.05) is 6.54 Å².